The van der Waals surface area contributed by atoms with E-state index in [9.17, 15) is 17.6 Å². The third kappa shape index (κ3) is 4.62. The quantitative estimate of drug-likeness (QED) is 0.546. The zero-order valence-electron chi connectivity index (χ0n) is 19.0. The van der Waals surface area contributed by atoms with Gasteiger partial charge in [-0.1, -0.05) is 6.08 Å². The van der Waals surface area contributed by atoms with Crippen LogP contribution in [0, 0.1) is 12.7 Å². The molecule has 2 aromatic heterocycles. The van der Waals surface area contributed by atoms with Crippen LogP contribution in [0.1, 0.15) is 24.6 Å². The van der Waals surface area contributed by atoms with E-state index in [1.807, 2.05) is 17.7 Å². The molecule has 0 saturated heterocycles. The van der Waals surface area contributed by atoms with Gasteiger partial charge in [0.2, 0.25) is 0 Å². The summed E-state index contributed by atoms with van der Waals surface area (Å²) in [4.78, 5) is 19.3. The minimum atomic E-state index is -4.00. The number of carbonyl (C=O) groups is 1. The molecule has 0 spiro atoms. The summed E-state index contributed by atoms with van der Waals surface area (Å²) in [5.74, 6) is 0.176. The largest absolute Gasteiger partial charge is 0.496 e. The van der Waals surface area contributed by atoms with Crippen LogP contribution in [0.4, 0.5) is 9.18 Å². The lowest BCUT2D eigenvalue weighted by Gasteiger charge is -2.25. The van der Waals surface area contributed by atoms with Gasteiger partial charge in [0.05, 0.1) is 13.7 Å². The lowest BCUT2D eigenvalue weighted by molar-refractivity contribution is 0.158. The molecule has 1 aromatic carbocycles. The van der Waals surface area contributed by atoms with Gasteiger partial charge >= 0.3 is 16.3 Å². The van der Waals surface area contributed by atoms with Gasteiger partial charge in [-0.3, -0.25) is 0 Å². The number of rotatable bonds is 6. The van der Waals surface area contributed by atoms with Crippen LogP contribution in [-0.2, 0) is 14.9 Å². The Bertz CT molecular complexity index is 1380. The number of H-pyrrole nitrogens is 1. The Morgan fingerprint density at radius 3 is 2.79 bits per heavy atom. The SMILES string of the molecule is CCOC(=O)NS(=O)(=O)N1CC=C(c2cc3c(-c4cc(F)ccc4OC)c(C)cnc3[nH]2)CC1. The number of hydrogen-bond acceptors (Lipinski definition) is 6. The van der Waals surface area contributed by atoms with E-state index in [4.69, 9.17) is 4.74 Å². The number of aromatic nitrogens is 2. The highest BCUT2D eigenvalue weighted by Crippen LogP contribution is 2.38. The van der Waals surface area contributed by atoms with Gasteiger partial charge < -0.3 is 14.5 Å². The summed E-state index contributed by atoms with van der Waals surface area (Å²) in [6.45, 7) is 3.85. The summed E-state index contributed by atoms with van der Waals surface area (Å²) in [5.41, 5.74) is 4.63. The molecule has 180 valence electrons. The maximum atomic E-state index is 14.1. The molecule has 0 saturated carbocycles. The van der Waals surface area contributed by atoms with Crippen LogP contribution in [0.3, 0.4) is 0 Å². The average Bonchev–Trinajstić information content (AvgIpc) is 3.23. The van der Waals surface area contributed by atoms with E-state index in [1.54, 1.807) is 25.3 Å². The monoisotopic (exact) mass is 488 g/mol. The number of carbonyl (C=O) groups excluding carboxylic acids is 1. The third-order valence-electron chi connectivity index (χ3n) is 5.62. The second-order valence-corrected chi connectivity index (χ2v) is 9.44. The van der Waals surface area contributed by atoms with E-state index < -0.39 is 16.3 Å². The van der Waals surface area contributed by atoms with Crippen molar-refractivity contribution in [3.63, 3.8) is 0 Å². The van der Waals surface area contributed by atoms with Crippen molar-refractivity contribution < 1.29 is 27.1 Å². The van der Waals surface area contributed by atoms with Gasteiger partial charge in [0.15, 0.2) is 0 Å². The number of pyridine rings is 1. The molecule has 4 rings (SSSR count). The Labute approximate surface area is 196 Å². The summed E-state index contributed by atoms with van der Waals surface area (Å²) < 4.78 is 52.1. The fourth-order valence-electron chi connectivity index (χ4n) is 4.02. The van der Waals surface area contributed by atoms with Gasteiger partial charge in [-0.15, -0.1) is 0 Å². The molecule has 9 nitrogen and oxygen atoms in total. The number of nitrogens with zero attached hydrogens (tertiary/aromatic N) is 2. The summed E-state index contributed by atoms with van der Waals surface area (Å²) in [5, 5.41) is 0.804. The highest BCUT2D eigenvalue weighted by atomic mass is 32.2. The summed E-state index contributed by atoms with van der Waals surface area (Å²) >= 11 is 0. The first-order valence-corrected chi connectivity index (χ1v) is 12.1. The average molecular weight is 489 g/mol. The predicted octanol–water partition coefficient (Wildman–Crippen LogP) is 3.77. The molecule has 3 aromatic rings. The van der Waals surface area contributed by atoms with Crippen molar-refractivity contribution in [2.75, 3.05) is 26.8 Å². The molecular weight excluding hydrogens is 463 g/mol. The van der Waals surface area contributed by atoms with Crippen LogP contribution in [0.2, 0.25) is 0 Å². The molecule has 0 atom stereocenters. The number of nitrogens with one attached hydrogen (secondary N) is 2. The van der Waals surface area contributed by atoms with E-state index in [0.29, 0.717) is 23.4 Å². The molecule has 2 N–H and O–H groups in total. The van der Waals surface area contributed by atoms with Gasteiger partial charge in [-0.05, 0) is 55.7 Å². The lowest BCUT2D eigenvalue weighted by atomic mass is 9.97. The Morgan fingerprint density at radius 1 is 1.32 bits per heavy atom. The van der Waals surface area contributed by atoms with E-state index in [2.05, 4.69) is 14.7 Å². The maximum Gasteiger partial charge on any atom is 0.421 e. The van der Waals surface area contributed by atoms with E-state index in [1.165, 1.54) is 23.5 Å². The van der Waals surface area contributed by atoms with Gasteiger partial charge in [-0.25, -0.2) is 18.9 Å². The standard InChI is InChI=1S/C23H25FN4O5S/c1-4-33-23(29)27-34(30,31)28-9-7-15(8-10-28)19-12-18-21(14(2)13-25-22(18)26-19)17-11-16(24)5-6-20(17)32-3/h5-7,11-13H,4,8-10H2,1-3H3,(H,25,26)(H,27,29). The Hall–Kier alpha value is -3.44. The van der Waals surface area contributed by atoms with Crippen LogP contribution in [-0.4, -0.2) is 55.6 Å². The number of benzene rings is 1. The van der Waals surface area contributed by atoms with Crippen molar-refractivity contribution >= 4 is 32.9 Å². The van der Waals surface area contributed by atoms with Gasteiger partial charge in [-0.2, -0.15) is 12.7 Å². The van der Waals surface area contributed by atoms with E-state index in [-0.39, 0.29) is 25.5 Å². The normalized spacial score (nSPS) is 14.6. The fourth-order valence-corrected chi connectivity index (χ4v) is 5.03. The van der Waals surface area contributed by atoms with Crippen LogP contribution in [0.15, 0.2) is 36.5 Å². The number of halogens is 1. The van der Waals surface area contributed by atoms with Gasteiger partial charge in [0.1, 0.15) is 17.2 Å². The molecule has 0 unspecified atom stereocenters. The Morgan fingerprint density at radius 2 is 2.12 bits per heavy atom. The first-order chi connectivity index (χ1) is 16.2. The number of fused-ring (bicyclic) bond motifs is 1. The molecule has 0 radical (unpaired) electrons. The number of methoxy groups -OCH3 is 1. The second-order valence-electron chi connectivity index (χ2n) is 7.77. The lowest BCUT2D eigenvalue weighted by Crippen LogP contribution is -2.45. The smallest absolute Gasteiger partial charge is 0.421 e. The Balaban J connectivity index is 1.66. The van der Waals surface area contributed by atoms with Crippen molar-refractivity contribution in [3.8, 4) is 16.9 Å². The number of ether oxygens (including phenoxy) is 2. The molecular formula is C23H25FN4O5S. The number of aryl methyl sites for hydroxylation is 1. The van der Waals surface area contributed by atoms with Crippen molar-refractivity contribution in [2.24, 2.45) is 0 Å². The van der Waals surface area contributed by atoms with Gasteiger partial charge in [0, 0.05) is 41.5 Å². The van der Waals surface area contributed by atoms with Crippen LogP contribution in [0.5, 0.6) is 5.75 Å². The molecule has 11 heteroatoms. The Kier molecular flexibility index (Phi) is 6.58. The minimum absolute atomic E-state index is 0.0722. The summed E-state index contributed by atoms with van der Waals surface area (Å²) in [6.07, 6.45) is 2.92. The van der Waals surface area contributed by atoms with Crippen LogP contribution in [0.25, 0.3) is 27.7 Å². The molecule has 0 fully saturated rings. The number of aromatic amines is 1. The molecule has 0 bridgehead atoms. The predicted molar refractivity (Wildman–Crippen MR) is 126 cm³/mol. The number of amides is 1. The maximum absolute atomic E-state index is 14.1. The van der Waals surface area contributed by atoms with Crippen LogP contribution >= 0.6 is 0 Å². The first-order valence-electron chi connectivity index (χ1n) is 10.7. The second kappa shape index (κ2) is 9.43. The van der Waals surface area contributed by atoms with E-state index in [0.717, 1.165) is 27.8 Å². The summed E-state index contributed by atoms with van der Waals surface area (Å²) in [6, 6.07) is 6.31. The van der Waals surface area contributed by atoms with Crippen molar-refractivity contribution in [1.82, 2.24) is 19.0 Å². The van der Waals surface area contributed by atoms with Gasteiger partial charge in [0.25, 0.3) is 0 Å². The minimum Gasteiger partial charge on any atom is -0.496 e. The summed E-state index contributed by atoms with van der Waals surface area (Å²) in [7, 11) is -2.46. The molecule has 1 aliphatic rings. The first kappa shape index (κ1) is 23.7. The van der Waals surface area contributed by atoms with Crippen LogP contribution < -0.4 is 9.46 Å². The topological polar surface area (TPSA) is 114 Å². The fraction of sp³-hybridized carbons (Fsp3) is 0.304. The molecule has 1 aliphatic heterocycles. The van der Waals surface area contributed by atoms with Crippen molar-refractivity contribution in [2.45, 2.75) is 20.3 Å². The zero-order valence-corrected chi connectivity index (χ0v) is 19.8. The molecule has 34 heavy (non-hydrogen) atoms. The van der Waals surface area contributed by atoms with Crippen molar-refractivity contribution in [1.29, 1.82) is 0 Å². The highest BCUT2D eigenvalue weighted by molar-refractivity contribution is 7.87. The zero-order chi connectivity index (χ0) is 24.5. The highest BCUT2D eigenvalue weighted by Gasteiger charge is 2.27. The molecule has 1 amide bonds. The number of hydrogen-bond donors (Lipinski definition) is 2. The van der Waals surface area contributed by atoms with E-state index >= 15 is 0 Å². The molecule has 3 heterocycles. The molecule has 0 aliphatic carbocycles. The van der Waals surface area contributed by atoms with Crippen molar-refractivity contribution in [3.05, 3.63) is 53.6 Å². The third-order valence-corrected chi connectivity index (χ3v) is 7.06.